The van der Waals surface area contributed by atoms with Gasteiger partial charge in [-0.1, -0.05) is 35.4 Å². The summed E-state index contributed by atoms with van der Waals surface area (Å²) in [6, 6.07) is 6.54. The Balaban J connectivity index is 2.23. The molecule has 0 spiro atoms. The van der Waals surface area contributed by atoms with Crippen molar-refractivity contribution < 1.29 is 14.3 Å². The van der Waals surface area contributed by atoms with Crippen LogP contribution in [0.5, 0.6) is 0 Å². The molecule has 3 amide bonds. The molecule has 1 unspecified atom stereocenters. The molecule has 22 heavy (non-hydrogen) atoms. The number of hydrogen-bond donors (Lipinski definition) is 1. The van der Waals surface area contributed by atoms with E-state index in [1.807, 2.05) is 13.0 Å². The van der Waals surface area contributed by atoms with Crippen molar-refractivity contribution in [1.29, 1.82) is 0 Å². The van der Waals surface area contributed by atoms with Crippen LogP contribution in [0.1, 0.15) is 19.4 Å². The number of hydrogen-bond acceptors (Lipinski definition) is 3. The third-order valence-electron chi connectivity index (χ3n) is 3.67. The fourth-order valence-electron chi connectivity index (χ4n) is 2.39. The number of rotatable bonds is 5. The molecule has 1 fully saturated rings. The molecule has 1 aliphatic rings. The maximum Gasteiger partial charge on any atom is 0.325 e. The van der Waals surface area contributed by atoms with Gasteiger partial charge in [-0.2, -0.15) is 0 Å². The van der Waals surface area contributed by atoms with Crippen LogP contribution in [0.2, 0.25) is 5.02 Å². The number of carbonyl (C=O) groups excluding carboxylic acids is 2. The SMILES string of the molecule is COCC(C)=CCN1C(=O)NC(C)(c2cccc(Cl)c2)C1=O. The Kier molecular flexibility index (Phi) is 4.88. The first kappa shape index (κ1) is 16.5. The lowest BCUT2D eigenvalue weighted by Gasteiger charge is -2.22. The van der Waals surface area contributed by atoms with Gasteiger partial charge in [0.1, 0.15) is 5.54 Å². The molecule has 6 heteroatoms. The standard InChI is InChI=1S/C16H19ClN2O3/c1-11(10-22-3)7-8-19-14(20)16(2,18-15(19)21)12-5-4-6-13(17)9-12/h4-7,9H,8,10H2,1-3H3,(H,18,21). The van der Waals surface area contributed by atoms with Gasteiger partial charge in [0, 0.05) is 18.7 Å². The Hall–Kier alpha value is -1.85. The smallest absolute Gasteiger partial charge is 0.325 e. The largest absolute Gasteiger partial charge is 0.380 e. The van der Waals surface area contributed by atoms with E-state index in [0.29, 0.717) is 17.2 Å². The minimum Gasteiger partial charge on any atom is -0.380 e. The number of nitrogens with zero attached hydrogens (tertiary/aromatic N) is 1. The number of carbonyl (C=O) groups is 2. The number of amides is 3. The maximum absolute atomic E-state index is 12.7. The predicted octanol–water partition coefficient (Wildman–Crippen LogP) is 2.70. The van der Waals surface area contributed by atoms with Crippen LogP contribution in [0.4, 0.5) is 4.79 Å². The fourth-order valence-corrected chi connectivity index (χ4v) is 2.58. The van der Waals surface area contributed by atoms with Gasteiger partial charge in [0.25, 0.3) is 5.91 Å². The van der Waals surface area contributed by atoms with E-state index in [1.54, 1.807) is 38.3 Å². The highest BCUT2D eigenvalue weighted by molar-refractivity contribution is 6.30. The van der Waals surface area contributed by atoms with Crippen molar-refractivity contribution in [3.8, 4) is 0 Å². The highest BCUT2D eigenvalue weighted by Gasteiger charge is 2.48. The quantitative estimate of drug-likeness (QED) is 0.670. The molecular weight excluding hydrogens is 304 g/mol. The summed E-state index contributed by atoms with van der Waals surface area (Å²) in [7, 11) is 1.60. The first-order valence-corrected chi connectivity index (χ1v) is 7.31. The van der Waals surface area contributed by atoms with Gasteiger partial charge in [-0.3, -0.25) is 9.69 Å². The molecular formula is C16H19ClN2O3. The summed E-state index contributed by atoms with van der Waals surface area (Å²) < 4.78 is 5.01. The first-order valence-electron chi connectivity index (χ1n) is 6.93. The number of urea groups is 1. The van der Waals surface area contributed by atoms with Crippen LogP contribution in [0.25, 0.3) is 0 Å². The van der Waals surface area contributed by atoms with Crippen LogP contribution in [-0.2, 0) is 15.1 Å². The Morgan fingerprint density at radius 1 is 1.45 bits per heavy atom. The molecule has 0 aliphatic carbocycles. The topological polar surface area (TPSA) is 58.6 Å². The van der Waals surface area contributed by atoms with Crippen molar-refractivity contribution in [3.05, 3.63) is 46.5 Å². The van der Waals surface area contributed by atoms with E-state index < -0.39 is 11.6 Å². The fraction of sp³-hybridized carbons (Fsp3) is 0.375. The van der Waals surface area contributed by atoms with Gasteiger partial charge >= 0.3 is 6.03 Å². The van der Waals surface area contributed by atoms with Gasteiger partial charge in [0.15, 0.2) is 0 Å². The van der Waals surface area contributed by atoms with Crippen LogP contribution < -0.4 is 5.32 Å². The van der Waals surface area contributed by atoms with Crippen molar-refractivity contribution in [2.24, 2.45) is 0 Å². The minimum atomic E-state index is -1.09. The average Bonchev–Trinajstić information content (AvgIpc) is 2.68. The Bertz CT molecular complexity index is 630. The molecule has 2 rings (SSSR count). The van der Waals surface area contributed by atoms with E-state index in [-0.39, 0.29) is 12.5 Å². The predicted molar refractivity (Wildman–Crippen MR) is 84.7 cm³/mol. The molecule has 1 atom stereocenters. The van der Waals surface area contributed by atoms with E-state index in [9.17, 15) is 9.59 Å². The maximum atomic E-state index is 12.7. The van der Waals surface area contributed by atoms with Crippen LogP contribution in [-0.4, -0.2) is 37.1 Å². The van der Waals surface area contributed by atoms with Crippen LogP contribution in [0.3, 0.4) is 0 Å². The van der Waals surface area contributed by atoms with Gasteiger partial charge in [0.05, 0.1) is 6.61 Å². The van der Waals surface area contributed by atoms with Gasteiger partial charge in [-0.25, -0.2) is 4.79 Å². The summed E-state index contributed by atoms with van der Waals surface area (Å²) in [5.74, 6) is -0.291. The first-order chi connectivity index (χ1) is 10.4. The second kappa shape index (κ2) is 6.50. The third-order valence-corrected chi connectivity index (χ3v) is 3.91. The average molecular weight is 323 g/mol. The van der Waals surface area contributed by atoms with Gasteiger partial charge < -0.3 is 10.1 Å². The molecule has 1 aliphatic heterocycles. The van der Waals surface area contributed by atoms with Crippen LogP contribution in [0, 0.1) is 0 Å². The molecule has 1 saturated heterocycles. The molecule has 0 bridgehead atoms. The lowest BCUT2D eigenvalue weighted by molar-refractivity contribution is -0.130. The van der Waals surface area contributed by atoms with E-state index in [4.69, 9.17) is 16.3 Å². The molecule has 0 saturated carbocycles. The number of benzene rings is 1. The van der Waals surface area contributed by atoms with Crippen LogP contribution in [0.15, 0.2) is 35.9 Å². The molecule has 1 aromatic carbocycles. The monoisotopic (exact) mass is 322 g/mol. The number of imide groups is 1. The van der Waals surface area contributed by atoms with Crippen molar-refractivity contribution in [2.75, 3.05) is 20.3 Å². The van der Waals surface area contributed by atoms with Gasteiger partial charge in [-0.05, 0) is 31.5 Å². The number of methoxy groups -OCH3 is 1. The molecule has 118 valence electrons. The lowest BCUT2D eigenvalue weighted by atomic mass is 9.92. The molecule has 0 radical (unpaired) electrons. The molecule has 5 nitrogen and oxygen atoms in total. The summed E-state index contributed by atoms with van der Waals surface area (Å²) in [4.78, 5) is 26.0. The van der Waals surface area contributed by atoms with Crippen molar-refractivity contribution in [2.45, 2.75) is 19.4 Å². The summed E-state index contributed by atoms with van der Waals surface area (Å²) in [6.45, 7) is 4.26. The van der Waals surface area contributed by atoms with E-state index >= 15 is 0 Å². The summed E-state index contributed by atoms with van der Waals surface area (Å²) in [5.41, 5.74) is 0.531. The van der Waals surface area contributed by atoms with Crippen molar-refractivity contribution >= 4 is 23.5 Å². The number of nitrogens with one attached hydrogen (secondary N) is 1. The highest BCUT2D eigenvalue weighted by Crippen LogP contribution is 2.30. The van der Waals surface area contributed by atoms with E-state index in [0.717, 1.165) is 5.57 Å². The minimum absolute atomic E-state index is 0.218. The molecule has 1 heterocycles. The summed E-state index contributed by atoms with van der Waals surface area (Å²) in [6.07, 6.45) is 1.81. The Morgan fingerprint density at radius 3 is 2.82 bits per heavy atom. The van der Waals surface area contributed by atoms with Crippen LogP contribution >= 0.6 is 11.6 Å². The number of ether oxygens (including phenoxy) is 1. The van der Waals surface area contributed by atoms with E-state index in [1.165, 1.54) is 4.90 Å². The molecule has 0 aromatic heterocycles. The zero-order valence-corrected chi connectivity index (χ0v) is 13.6. The lowest BCUT2D eigenvalue weighted by Crippen LogP contribution is -2.40. The number of halogens is 1. The zero-order chi connectivity index (χ0) is 16.3. The normalized spacial score (nSPS) is 22.2. The second-order valence-corrected chi connectivity index (χ2v) is 5.90. The third kappa shape index (κ3) is 3.15. The summed E-state index contributed by atoms with van der Waals surface area (Å²) in [5, 5.41) is 3.27. The van der Waals surface area contributed by atoms with Gasteiger partial charge in [0.2, 0.25) is 0 Å². The van der Waals surface area contributed by atoms with E-state index in [2.05, 4.69) is 5.32 Å². The zero-order valence-electron chi connectivity index (χ0n) is 12.9. The molecule has 1 aromatic rings. The summed E-state index contributed by atoms with van der Waals surface area (Å²) >= 11 is 5.98. The van der Waals surface area contributed by atoms with Crippen molar-refractivity contribution in [1.82, 2.24) is 10.2 Å². The highest BCUT2D eigenvalue weighted by atomic mass is 35.5. The van der Waals surface area contributed by atoms with Crippen molar-refractivity contribution in [3.63, 3.8) is 0 Å². The molecule has 1 N–H and O–H groups in total. The second-order valence-electron chi connectivity index (χ2n) is 5.46. The van der Waals surface area contributed by atoms with Gasteiger partial charge in [-0.15, -0.1) is 0 Å². The Morgan fingerprint density at radius 2 is 2.18 bits per heavy atom. The Labute approximate surface area is 134 Å².